The molecule has 2 aromatic heterocycles. The van der Waals surface area contributed by atoms with Gasteiger partial charge in [0.25, 0.3) is 0 Å². The van der Waals surface area contributed by atoms with E-state index in [2.05, 4.69) is 98.4 Å². The van der Waals surface area contributed by atoms with Gasteiger partial charge in [0.05, 0.1) is 0 Å². The van der Waals surface area contributed by atoms with E-state index in [1.54, 1.807) is 11.3 Å². The van der Waals surface area contributed by atoms with E-state index in [1.165, 1.54) is 89.9 Å². The van der Waals surface area contributed by atoms with Gasteiger partial charge in [-0.15, -0.1) is 17.9 Å². The molecule has 8 rings (SSSR count). The number of hydrogen-bond donors (Lipinski definition) is 3. The van der Waals surface area contributed by atoms with E-state index < -0.39 is 0 Å². The largest absolute Gasteiger partial charge is 0.361 e. The van der Waals surface area contributed by atoms with Crippen LogP contribution in [0.4, 0.5) is 0 Å². The fraction of sp³-hybridized carbons (Fsp3) is 0.545. The van der Waals surface area contributed by atoms with Gasteiger partial charge in [0.15, 0.2) is 0 Å². The van der Waals surface area contributed by atoms with Crippen LogP contribution < -0.4 is 11.5 Å². The van der Waals surface area contributed by atoms with Gasteiger partial charge in [-0.05, 0) is 134 Å². The maximum Gasteiger partial charge on any atom is 0.0456 e. The van der Waals surface area contributed by atoms with Gasteiger partial charge < -0.3 is 16.5 Å². The van der Waals surface area contributed by atoms with Crippen LogP contribution in [0.5, 0.6) is 0 Å². The third-order valence-electron chi connectivity index (χ3n) is 10.7. The van der Waals surface area contributed by atoms with Gasteiger partial charge in [-0.2, -0.15) is 0 Å². The molecule has 2 bridgehead atoms. The Kier molecular flexibility index (Phi) is 18.3. The minimum atomic E-state index is 0.710. The molecule has 264 valence electrons. The maximum atomic E-state index is 5.52. The van der Waals surface area contributed by atoms with Crippen molar-refractivity contribution in [3.63, 3.8) is 0 Å². The Hall–Kier alpha value is -2.66. The first-order valence-electron chi connectivity index (χ1n) is 19.2. The van der Waals surface area contributed by atoms with Crippen molar-refractivity contribution in [3.8, 4) is 0 Å². The topological polar surface area (TPSA) is 67.8 Å². The average molecular weight is 670 g/mol. The zero-order valence-electron chi connectivity index (χ0n) is 30.9. The molecular weight excluding hydrogens is 603 g/mol. The van der Waals surface area contributed by atoms with Gasteiger partial charge in [-0.3, -0.25) is 0 Å². The molecule has 6 atom stereocenters. The van der Waals surface area contributed by atoms with Crippen LogP contribution in [-0.2, 0) is 12.8 Å². The third-order valence-corrected chi connectivity index (χ3v) is 11.7. The van der Waals surface area contributed by atoms with Gasteiger partial charge >= 0.3 is 0 Å². The summed E-state index contributed by atoms with van der Waals surface area (Å²) in [5.74, 6) is 5.69. The SMILES string of the molecule is C=CC1CCC(C)C(CCC)C1.CC.CCC1CC2C=CC1CC2.NCCc1c[nH]c2ccccc12.NCCc1csc2ccccc12. The molecule has 2 fully saturated rings. The lowest BCUT2D eigenvalue weighted by atomic mass is 9.68. The number of thiophene rings is 1. The lowest BCUT2D eigenvalue weighted by Gasteiger charge is -2.37. The summed E-state index contributed by atoms with van der Waals surface area (Å²) in [5.41, 5.74) is 14.9. The Balaban J connectivity index is 0.000000171. The number of hydrogen-bond acceptors (Lipinski definition) is 3. The Labute approximate surface area is 297 Å². The Morgan fingerprint density at radius 1 is 0.833 bits per heavy atom. The standard InChI is InChI=1S/C12H22.C10H12N2.C10H11NS.C10H16.C2H6/c1-4-6-12-9-11(5-2)8-7-10(12)3;2*11-6-5-8-7-12-10-4-2-1-3-9(8)10;1-2-9-7-8-3-5-10(9)6-4-8;1-2/h5,10-12H,2,4,6-9H2,1,3H3;1-4,7,12H,5-6,11H2;1-4,7H,5-6,11H2;3,5,8-10H,2,4,6-7H2,1H3;1-2H3. The second-order valence-corrected chi connectivity index (χ2v) is 14.7. The van der Waals surface area contributed by atoms with Crippen LogP contribution in [0.3, 0.4) is 0 Å². The van der Waals surface area contributed by atoms with Crippen molar-refractivity contribution in [2.45, 2.75) is 105 Å². The molecule has 0 radical (unpaired) electrons. The molecular formula is C44H67N3S. The molecule has 2 heterocycles. The van der Waals surface area contributed by atoms with Crippen LogP contribution in [0.15, 0.2) is 84.9 Å². The summed E-state index contributed by atoms with van der Waals surface area (Å²) >= 11 is 1.80. The minimum absolute atomic E-state index is 0.710. The molecule has 4 aromatic rings. The van der Waals surface area contributed by atoms with Gasteiger partial charge in [0, 0.05) is 21.8 Å². The van der Waals surface area contributed by atoms with E-state index in [0.29, 0.717) is 6.54 Å². The van der Waals surface area contributed by atoms with Crippen molar-refractivity contribution in [2.24, 2.45) is 47.0 Å². The molecule has 2 aromatic carbocycles. The van der Waals surface area contributed by atoms with Crippen LogP contribution >= 0.6 is 11.3 Å². The molecule has 4 heteroatoms. The quantitative estimate of drug-likeness (QED) is 0.163. The van der Waals surface area contributed by atoms with E-state index in [-0.39, 0.29) is 0 Å². The Bertz CT molecular complexity index is 1390. The number of allylic oxidation sites excluding steroid dienone is 3. The van der Waals surface area contributed by atoms with Gasteiger partial charge in [0.2, 0.25) is 0 Å². The molecule has 5 N–H and O–H groups in total. The molecule has 4 aliphatic rings. The molecule has 6 unspecified atom stereocenters. The lowest BCUT2D eigenvalue weighted by molar-refractivity contribution is 0.206. The molecule has 0 amide bonds. The summed E-state index contributed by atoms with van der Waals surface area (Å²) in [6.07, 6.45) is 23.8. The highest BCUT2D eigenvalue weighted by atomic mass is 32.1. The zero-order valence-corrected chi connectivity index (χ0v) is 31.7. The number of aromatic nitrogens is 1. The van der Waals surface area contributed by atoms with Gasteiger partial charge in [-0.25, -0.2) is 0 Å². The number of rotatable bonds is 8. The summed E-state index contributed by atoms with van der Waals surface area (Å²) in [6.45, 7) is 16.4. The second kappa shape index (κ2) is 22.1. The van der Waals surface area contributed by atoms with E-state index in [0.717, 1.165) is 54.9 Å². The molecule has 0 aliphatic heterocycles. The average Bonchev–Trinajstić information content (AvgIpc) is 3.76. The highest BCUT2D eigenvalue weighted by Crippen LogP contribution is 2.41. The van der Waals surface area contributed by atoms with Crippen molar-refractivity contribution < 1.29 is 0 Å². The summed E-state index contributed by atoms with van der Waals surface area (Å²) < 4.78 is 1.36. The number of para-hydroxylation sites is 1. The van der Waals surface area contributed by atoms with Crippen molar-refractivity contribution in [2.75, 3.05) is 13.1 Å². The molecule has 48 heavy (non-hydrogen) atoms. The lowest BCUT2D eigenvalue weighted by Crippen LogP contribution is -2.26. The molecule has 4 aliphatic carbocycles. The van der Waals surface area contributed by atoms with E-state index in [1.807, 2.05) is 26.1 Å². The fourth-order valence-corrected chi connectivity index (χ4v) is 8.83. The normalized spacial score (nSPS) is 23.8. The molecule has 0 spiro atoms. The van der Waals surface area contributed by atoms with Crippen molar-refractivity contribution >= 4 is 32.3 Å². The van der Waals surface area contributed by atoms with Crippen molar-refractivity contribution in [1.82, 2.24) is 4.98 Å². The molecule has 0 saturated heterocycles. The number of H-pyrrole nitrogens is 1. The first-order chi connectivity index (χ1) is 23.5. The summed E-state index contributed by atoms with van der Waals surface area (Å²) in [4.78, 5) is 3.22. The predicted octanol–water partition coefficient (Wildman–Crippen LogP) is 12.1. The first kappa shape index (κ1) is 39.8. The van der Waals surface area contributed by atoms with Gasteiger partial charge in [0.1, 0.15) is 0 Å². The van der Waals surface area contributed by atoms with Crippen molar-refractivity contribution in [1.29, 1.82) is 0 Å². The number of benzene rings is 2. The van der Waals surface area contributed by atoms with E-state index in [4.69, 9.17) is 11.5 Å². The number of nitrogens with one attached hydrogen (secondary N) is 1. The zero-order chi connectivity index (χ0) is 34.7. The number of aromatic amines is 1. The summed E-state index contributed by atoms with van der Waals surface area (Å²) in [6, 6.07) is 16.8. The Morgan fingerprint density at radius 3 is 2.15 bits per heavy atom. The smallest absolute Gasteiger partial charge is 0.0456 e. The fourth-order valence-electron chi connectivity index (χ4n) is 7.84. The highest BCUT2D eigenvalue weighted by Gasteiger charge is 2.30. The molecule has 2 saturated carbocycles. The van der Waals surface area contributed by atoms with Gasteiger partial charge in [-0.1, -0.05) is 109 Å². The third kappa shape index (κ3) is 11.7. The second-order valence-electron chi connectivity index (χ2n) is 13.8. The Morgan fingerprint density at radius 2 is 1.54 bits per heavy atom. The van der Waals surface area contributed by atoms with Crippen LogP contribution in [-0.4, -0.2) is 18.1 Å². The van der Waals surface area contributed by atoms with Crippen LogP contribution in [0, 0.1) is 35.5 Å². The summed E-state index contributed by atoms with van der Waals surface area (Å²) in [7, 11) is 0. The minimum Gasteiger partial charge on any atom is -0.361 e. The van der Waals surface area contributed by atoms with Crippen LogP contribution in [0.25, 0.3) is 21.0 Å². The van der Waals surface area contributed by atoms with E-state index >= 15 is 0 Å². The van der Waals surface area contributed by atoms with Crippen LogP contribution in [0.2, 0.25) is 0 Å². The number of fused-ring (bicyclic) bond motifs is 4. The van der Waals surface area contributed by atoms with Crippen LogP contribution in [0.1, 0.15) is 104 Å². The number of nitrogens with two attached hydrogens (primary N) is 2. The van der Waals surface area contributed by atoms with Crippen molar-refractivity contribution in [3.05, 3.63) is 96.0 Å². The monoisotopic (exact) mass is 670 g/mol. The predicted molar refractivity (Wildman–Crippen MR) is 216 cm³/mol. The maximum absolute atomic E-state index is 5.52. The van der Waals surface area contributed by atoms with E-state index in [9.17, 15) is 0 Å². The summed E-state index contributed by atoms with van der Waals surface area (Å²) in [5, 5.41) is 4.87. The molecule has 3 nitrogen and oxygen atoms in total. The highest BCUT2D eigenvalue weighted by molar-refractivity contribution is 7.17. The first-order valence-corrected chi connectivity index (χ1v) is 20.1.